The van der Waals surface area contributed by atoms with Crippen molar-refractivity contribution >= 4 is 45.6 Å². The van der Waals surface area contributed by atoms with Gasteiger partial charge in [-0.3, -0.25) is 9.78 Å². The van der Waals surface area contributed by atoms with Crippen LogP contribution in [0.1, 0.15) is 26.0 Å². The van der Waals surface area contributed by atoms with Gasteiger partial charge in [0.1, 0.15) is 24.5 Å². The van der Waals surface area contributed by atoms with Crippen molar-refractivity contribution in [3.05, 3.63) is 89.6 Å². The SMILES string of the molecule is CCN(CC)CCNC(=O)C1=CN(c2ccc3ncnc(Nc4ccc(OCc5ccccn5)c(Cl)c4)c3c2)CC1CCO. The number of rotatable bonds is 14. The van der Waals surface area contributed by atoms with E-state index in [0.717, 1.165) is 47.6 Å². The van der Waals surface area contributed by atoms with Gasteiger partial charge in [-0.25, -0.2) is 9.97 Å². The molecule has 1 amide bonds. The number of aliphatic hydroxyl groups excluding tert-OH is 1. The molecule has 2 aromatic carbocycles. The van der Waals surface area contributed by atoms with Gasteiger partial charge in [-0.15, -0.1) is 0 Å². The molecule has 0 saturated carbocycles. The summed E-state index contributed by atoms with van der Waals surface area (Å²) >= 11 is 6.55. The van der Waals surface area contributed by atoms with Gasteiger partial charge in [0.05, 0.1) is 16.2 Å². The molecule has 3 heterocycles. The number of carbonyl (C=O) groups is 1. The van der Waals surface area contributed by atoms with Crippen LogP contribution in [-0.2, 0) is 11.4 Å². The largest absolute Gasteiger partial charge is 0.486 e. The number of hydrogen-bond acceptors (Lipinski definition) is 9. The van der Waals surface area contributed by atoms with Crippen LogP contribution < -0.4 is 20.3 Å². The molecule has 0 fully saturated rings. The topological polar surface area (TPSA) is 116 Å². The molecule has 2 aromatic heterocycles. The number of fused-ring (bicyclic) bond motifs is 1. The van der Waals surface area contributed by atoms with Gasteiger partial charge in [-0.2, -0.15) is 0 Å². The molecule has 0 radical (unpaired) electrons. The van der Waals surface area contributed by atoms with E-state index in [4.69, 9.17) is 16.3 Å². The molecular weight excluding hydrogens is 578 g/mol. The maximum Gasteiger partial charge on any atom is 0.249 e. The second-order valence-electron chi connectivity index (χ2n) is 10.5. The molecule has 1 aliphatic heterocycles. The lowest BCUT2D eigenvalue weighted by atomic mass is 9.98. The predicted octanol–water partition coefficient (Wildman–Crippen LogP) is 5.16. The maximum atomic E-state index is 13.1. The molecule has 0 aliphatic carbocycles. The summed E-state index contributed by atoms with van der Waals surface area (Å²) in [5.74, 6) is 1.02. The Morgan fingerprint density at radius 1 is 1.11 bits per heavy atom. The number of aliphatic hydroxyl groups is 1. The van der Waals surface area contributed by atoms with E-state index >= 15 is 0 Å². The lowest BCUT2D eigenvalue weighted by Crippen LogP contribution is -2.36. The highest BCUT2D eigenvalue weighted by Gasteiger charge is 2.29. The number of halogens is 1. The summed E-state index contributed by atoms with van der Waals surface area (Å²) in [4.78, 5) is 30.7. The minimum atomic E-state index is -0.0890. The first kappa shape index (κ1) is 31.2. The molecule has 230 valence electrons. The van der Waals surface area contributed by atoms with Gasteiger partial charge < -0.3 is 30.3 Å². The van der Waals surface area contributed by atoms with Crippen LogP contribution in [0.15, 0.2) is 78.9 Å². The third-order valence-electron chi connectivity index (χ3n) is 7.75. The quantitative estimate of drug-likeness (QED) is 0.177. The summed E-state index contributed by atoms with van der Waals surface area (Å²) in [6.07, 6.45) is 5.65. The Kier molecular flexibility index (Phi) is 10.6. The lowest BCUT2D eigenvalue weighted by molar-refractivity contribution is -0.118. The fraction of sp³-hybridized carbons (Fsp3) is 0.333. The Balaban J connectivity index is 1.32. The normalized spacial score (nSPS) is 14.6. The first-order chi connectivity index (χ1) is 21.5. The van der Waals surface area contributed by atoms with E-state index < -0.39 is 0 Å². The van der Waals surface area contributed by atoms with Gasteiger partial charge in [0, 0.05) is 66.9 Å². The average Bonchev–Trinajstić information content (AvgIpc) is 3.47. The van der Waals surface area contributed by atoms with E-state index in [-0.39, 0.29) is 18.4 Å². The zero-order valence-electron chi connectivity index (χ0n) is 25.0. The standard InChI is InChI=1S/C33H38ClN7O3/c1-3-40(4-2)15-14-36-33(43)28-20-41(19-23(28)12-16-42)26-9-10-30-27(18-26)32(38-22-37-30)39-24-8-11-31(29(34)17-24)44-21-25-7-5-6-13-35-25/h5-11,13,17-18,20,22-23,42H,3-4,12,14-16,19,21H2,1-2H3,(H,36,43)(H,37,38,39). The summed E-state index contributed by atoms with van der Waals surface area (Å²) in [6.45, 7) is 8.41. The van der Waals surface area contributed by atoms with E-state index in [1.165, 1.54) is 6.33 Å². The number of carbonyl (C=O) groups excluding carboxylic acids is 1. The number of amides is 1. The molecule has 11 heteroatoms. The molecule has 0 saturated heterocycles. The van der Waals surface area contributed by atoms with Gasteiger partial charge >= 0.3 is 0 Å². The van der Waals surface area contributed by atoms with Gasteiger partial charge in [-0.1, -0.05) is 31.5 Å². The molecule has 5 rings (SSSR count). The lowest BCUT2D eigenvalue weighted by Gasteiger charge is -2.19. The van der Waals surface area contributed by atoms with E-state index in [9.17, 15) is 9.90 Å². The Bertz CT molecular complexity index is 1600. The number of aromatic nitrogens is 3. The molecular formula is C33H38ClN7O3. The number of likely N-dealkylation sites (N-methyl/N-ethyl adjacent to an activating group) is 1. The molecule has 3 N–H and O–H groups in total. The molecule has 4 aromatic rings. The zero-order chi connectivity index (χ0) is 30.9. The average molecular weight is 616 g/mol. The van der Waals surface area contributed by atoms with Gasteiger partial charge in [0.15, 0.2) is 0 Å². The first-order valence-corrected chi connectivity index (χ1v) is 15.3. The minimum absolute atomic E-state index is 0.0116. The third-order valence-corrected chi connectivity index (χ3v) is 8.04. The molecule has 0 spiro atoms. The van der Waals surface area contributed by atoms with Crippen molar-refractivity contribution in [3.8, 4) is 5.75 Å². The highest BCUT2D eigenvalue weighted by Crippen LogP contribution is 2.34. The third kappa shape index (κ3) is 7.63. The van der Waals surface area contributed by atoms with Crippen LogP contribution in [0.2, 0.25) is 5.02 Å². The second-order valence-corrected chi connectivity index (χ2v) is 10.9. The Hall–Kier alpha value is -4.25. The fourth-order valence-corrected chi connectivity index (χ4v) is 5.48. The van der Waals surface area contributed by atoms with Crippen molar-refractivity contribution in [1.82, 2.24) is 25.2 Å². The Morgan fingerprint density at radius 2 is 1.98 bits per heavy atom. The highest BCUT2D eigenvalue weighted by atomic mass is 35.5. The van der Waals surface area contributed by atoms with Crippen LogP contribution >= 0.6 is 11.6 Å². The van der Waals surface area contributed by atoms with Gasteiger partial charge in [0.2, 0.25) is 5.91 Å². The molecule has 0 bridgehead atoms. The Morgan fingerprint density at radius 3 is 2.73 bits per heavy atom. The molecule has 1 aliphatic rings. The summed E-state index contributed by atoms with van der Waals surface area (Å²) < 4.78 is 5.86. The highest BCUT2D eigenvalue weighted by molar-refractivity contribution is 6.32. The van der Waals surface area contributed by atoms with E-state index in [2.05, 4.69) is 49.2 Å². The second kappa shape index (κ2) is 15.0. The van der Waals surface area contributed by atoms with E-state index in [1.54, 1.807) is 12.3 Å². The maximum absolute atomic E-state index is 13.1. The van der Waals surface area contributed by atoms with Crippen molar-refractivity contribution < 1.29 is 14.6 Å². The number of anilines is 3. The van der Waals surface area contributed by atoms with Crippen molar-refractivity contribution in [3.63, 3.8) is 0 Å². The zero-order valence-corrected chi connectivity index (χ0v) is 25.8. The number of nitrogens with one attached hydrogen (secondary N) is 2. The summed E-state index contributed by atoms with van der Waals surface area (Å²) in [5.41, 5.74) is 3.92. The first-order valence-electron chi connectivity index (χ1n) is 14.9. The van der Waals surface area contributed by atoms with Gasteiger partial charge in [-0.05, 0) is 68.0 Å². The van der Waals surface area contributed by atoms with Crippen molar-refractivity contribution in [2.45, 2.75) is 26.9 Å². The van der Waals surface area contributed by atoms with Crippen LogP contribution in [0.5, 0.6) is 5.75 Å². The van der Waals surface area contributed by atoms with Crippen LogP contribution in [0.4, 0.5) is 17.2 Å². The number of ether oxygens (including phenoxy) is 1. The van der Waals surface area contributed by atoms with Crippen LogP contribution in [0, 0.1) is 5.92 Å². The number of hydrogen-bond donors (Lipinski definition) is 3. The Labute approximate surface area is 262 Å². The molecule has 44 heavy (non-hydrogen) atoms. The number of benzene rings is 2. The van der Waals surface area contributed by atoms with E-state index in [0.29, 0.717) is 48.3 Å². The predicted molar refractivity (Wildman–Crippen MR) is 174 cm³/mol. The molecule has 10 nitrogen and oxygen atoms in total. The van der Waals surface area contributed by atoms with Crippen LogP contribution in [-0.4, -0.2) is 70.2 Å². The summed E-state index contributed by atoms with van der Waals surface area (Å²) in [7, 11) is 0. The van der Waals surface area contributed by atoms with Crippen molar-refractivity contribution in [2.24, 2.45) is 5.92 Å². The fourth-order valence-electron chi connectivity index (χ4n) is 5.25. The van der Waals surface area contributed by atoms with Crippen LogP contribution in [0.25, 0.3) is 10.9 Å². The summed E-state index contributed by atoms with van der Waals surface area (Å²) in [6, 6.07) is 17.1. The molecule has 1 unspecified atom stereocenters. The van der Waals surface area contributed by atoms with Crippen molar-refractivity contribution in [2.75, 3.05) is 49.5 Å². The number of pyridine rings is 1. The number of nitrogens with zero attached hydrogens (tertiary/aromatic N) is 5. The monoisotopic (exact) mass is 615 g/mol. The van der Waals surface area contributed by atoms with Crippen LogP contribution in [0.3, 0.4) is 0 Å². The van der Waals surface area contributed by atoms with E-state index in [1.807, 2.05) is 54.7 Å². The smallest absolute Gasteiger partial charge is 0.249 e. The van der Waals surface area contributed by atoms with Gasteiger partial charge in [0.25, 0.3) is 0 Å². The van der Waals surface area contributed by atoms with Crippen molar-refractivity contribution in [1.29, 1.82) is 0 Å². The minimum Gasteiger partial charge on any atom is -0.486 e. The molecule has 1 atom stereocenters. The summed E-state index contributed by atoms with van der Waals surface area (Å²) in [5, 5.41) is 17.4.